The summed E-state index contributed by atoms with van der Waals surface area (Å²) in [5, 5.41) is 8.81. The molecule has 0 aromatic carbocycles. The number of aliphatic hydroxyl groups excluding tert-OH is 1. The zero-order chi connectivity index (χ0) is 10.8. The fraction of sp³-hybridized carbons (Fsp3) is 0.909. The first-order valence-corrected chi connectivity index (χ1v) is 5.23. The van der Waals surface area contributed by atoms with Crippen LogP contribution in [0.15, 0.2) is 0 Å². The summed E-state index contributed by atoms with van der Waals surface area (Å²) in [4.78, 5) is 11.4. The molecule has 0 bridgehead atoms. The van der Waals surface area contributed by atoms with Crippen molar-refractivity contribution in [1.29, 1.82) is 0 Å². The highest BCUT2D eigenvalue weighted by molar-refractivity contribution is 5.70. The summed E-state index contributed by atoms with van der Waals surface area (Å²) in [6.07, 6.45) is 2.44. The molecule has 0 atom stereocenters. The van der Waals surface area contributed by atoms with Crippen LogP contribution in [-0.4, -0.2) is 23.3 Å². The van der Waals surface area contributed by atoms with Gasteiger partial charge < -0.3 is 9.84 Å². The Morgan fingerprint density at radius 2 is 1.93 bits per heavy atom. The molecule has 14 heavy (non-hydrogen) atoms. The average molecular weight is 200 g/mol. The van der Waals surface area contributed by atoms with E-state index in [4.69, 9.17) is 9.84 Å². The molecule has 82 valence electrons. The second-order valence-electron chi connectivity index (χ2n) is 5.18. The van der Waals surface area contributed by atoms with Crippen LogP contribution in [0.25, 0.3) is 0 Å². The number of ether oxygens (including phenoxy) is 1. The van der Waals surface area contributed by atoms with E-state index in [1.165, 1.54) is 0 Å². The van der Waals surface area contributed by atoms with Crippen molar-refractivity contribution in [2.24, 2.45) is 11.8 Å². The highest BCUT2D eigenvalue weighted by Gasteiger charge is 2.31. The van der Waals surface area contributed by atoms with Crippen molar-refractivity contribution in [2.45, 2.75) is 45.6 Å². The van der Waals surface area contributed by atoms with Crippen LogP contribution in [0.4, 0.5) is 0 Å². The second kappa shape index (κ2) is 4.30. The summed E-state index contributed by atoms with van der Waals surface area (Å²) in [5.74, 6) is 0.739. The molecule has 0 aromatic rings. The van der Waals surface area contributed by atoms with Gasteiger partial charge in [0.05, 0.1) is 0 Å². The zero-order valence-electron chi connectivity index (χ0n) is 9.25. The van der Waals surface area contributed by atoms with Crippen molar-refractivity contribution >= 4 is 5.97 Å². The fourth-order valence-corrected chi connectivity index (χ4v) is 1.81. The Hall–Kier alpha value is -0.570. The minimum Gasteiger partial charge on any atom is -0.460 e. The topological polar surface area (TPSA) is 46.5 Å². The maximum Gasteiger partial charge on any atom is 0.306 e. The predicted octanol–water partition coefficient (Wildman–Crippen LogP) is 1.74. The highest BCUT2D eigenvalue weighted by Crippen LogP contribution is 2.35. The first kappa shape index (κ1) is 11.5. The van der Waals surface area contributed by atoms with E-state index in [-0.39, 0.29) is 18.2 Å². The van der Waals surface area contributed by atoms with Crippen LogP contribution in [0, 0.1) is 11.8 Å². The van der Waals surface area contributed by atoms with E-state index in [0.29, 0.717) is 18.3 Å². The molecule has 0 spiro atoms. The summed E-state index contributed by atoms with van der Waals surface area (Å²) in [6.45, 7) is 5.89. The fourth-order valence-electron chi connectivity index (χ4n) is 1.81. The van der Waals surface area contributed by atoms with Crippen LogP contribution < -0.4 is 0 Å². The van der Waals surface area contributed by atoms with Crippen LogP contribution in [0.3, 0.4) is 0 Å². The minimum absolute atomic E-state index is 0.112. The van der Waals surface area contributed by atoms with Gasteiger partial charge in [0.25, 0.3) is 0 Å². The minimum atomic E-state index is -0.378. The van der Waals surface area contributed by atoms with Crippen LogP contribution >= 0.6 is 0 Å². The molecule has 1 rings (SSSR count). The molecule has 0 radical (unpaired) electrons. The third kappa shape index (κ3) is 3.66. The summed E-state index contributed by atoms with van der Waals surface area (Å²) in [5.41, 5.74) is -0.378. The van der Waals surface area contributed by atoms with Gasteiger partial charge in [-0.3, -0.25) is 4.79 Å². The van der Waals surface area contributed by atoms with Crippen LogP contribution in [0.1, 0.15) is 40.0 Å². The lowest BCUT2D eigenvalue weighted by atomic mass is 9.74. The molecule has 1 aliphatic rings. The lowest BCUT2D eigenvalue weighted by Crippen LogP contribution is -2.31. The molecule has 0 aromatic heterocycles. The summed E-state index contributed by atoms with van der Waals surface area (Å²) >= 11 is 0. The van der Waals surface area contributed by atoms with Crippen molar-refractivity contribution in [2.75, 3.05) is 6.61 Å². The van der Waals surface area contributed by atoms with Gasteiger partial charge in [0.2, 0.25) is 0 Å². The molecule has 3 heteroatoms. The molecule has 1 aliphatic carbocycles. The molecule has 1 fully saturated rings. The molecular formula is C11H20O3. The smallest absolute Gasteiger partial charge is 0.306 e. The number of hydrogen-bond acceptors (Lipinski definition) is 3. The number of carbonyl (C=O) groups is 1. The first-order chi connectivity index (χ1) is 6.40. The number of hydrogen-bond donors (Lipinski definition) is 1. The Bertz CT molecular complexity index is 199. The van der Waals surface area contributed by atoms with Gasteiger partial charge in [0, 0.05) is 13.0 Å². The van der Waals surface area contributed by atoms with Crippen molar-refractivity contribution in [3.63, 3.8) is 0 Å². The SMILES string of the molecule is CC(C)(C)OC(=O)CC1CC(CO)C1. The van der Waals surface area contributed by atoms with E-state index in [2.05, 4.69) is 0 Å². The van der Waals surface area contributed by atoms with Gasteiger partial charge >= 0.3 is 5.97 Å². The monoisotopic (exact) mass is 200 g/mol. The van der Waals surface area contributed by atoms with Crippen molar-refractivity contribution in [3.8, 4) is 0 Å². The Morgan fingerprint density at radius 1 is 1.36 bits per heavy atom. The number of carbonyl (C=O) groups excluding carboxylic acids is 1. The van der Waals surface area contributed by atoms with Crippen LogP contribution in [0.2, 0.25) is 0 Å². The largest absolute Gasteiger partial charge is 0.460 e. The summed E-state index contributed by atoms with van der Waals surface area (Å²) < 4.78 is 5.21. The lowest BCUT2D eigenvalue weighted by molar-refractivity contribution is -0.157. The molecule has 0 heterocycles. The molecule has 0 saturated heterocycles. The Balaban J connectivity index is 2.17. The van der Waals surface area contributed by atoms with Gasteiger partial charge in [-0.1, -0.05) is 0 Å². The third-order valence-corrected chi connectivity index (χ3v) is 2.47. The average Bonchev–Trinajstić information content (AvgIpc) is 1.91. The van der Waals surface area contributed by atoms with Gasteiger partial charge in [-0.2, -0.15) is 0 Å². The lowest BCUT2D eigenvalue weighted by Gasteiger charge is -2.34. The quantitative estimate of drug-likeness (QED) is 0.706. The van der Waals surface area contributed by atoms with E-state index >= 15 is 0 Å². The Morgan fingerprint density at radius 3 is 2.36 bits per heavy atom. The molecule has 0 amide bonds. The Kier molecular flexibility index (Phi) is 3.53. The molecular weight excluding hydrogens is 180 g/mol. The van der Waals surface area contributed by atoms with Crippen molar-refractivity contribution < 1.29 is 14.6 Å². The molecule has 0 aliphatic heterocycles. The van der Waals surface area contributed by atoms with Gasteiger partial charge in [-0.25, -0.2) is 0 Å². The van der Waals surface area contributed by atoms with Crippen molar-refractivity contribution in [3.05, 3.63) is 0 Å². The van der Waals surface area contributed by atoms with Gasteiger partial charge in [0.15, 0.2) is 0 Å². The van der Waals surface area contributed by atoms with Gasteiger partial charge in [-0.15, -0.1) is 0 Å². The molecule has 3 nitrogen and oxygen atoms in total. The second-order valence-corrected chi connectivity index (χ2v) is 5.18. The first-order valence-electron chi connectivity index (χ1n) is 5.23. The number of esters is 1. The van der Waals surface area contributed by atoms with E-state index in [1.54, 1.807) is 0 Å². The Labute approximate surface area is 85.5 Å². The van der Waals surface area contributed by atoms with E-state index in [0.717, 1.165) is 12.8 Å². The van der Waals surface area contributed by atoms with Gasteiger partial charge in [0.1, 0.15) is 5.60 Å². The van der Waals surface area contributed by atoms with E-state index < -0.39 is 0 Å². The standard InChI is InChI=1S/C11H20O3/c1-11(2,3)14-10(13)6-8-4-9(5-8)7-12/h8-9,12H,4-7H2,1-3H3. The predicted molar refractivity (Wildman–Crippen MR) is 53.8 cm³/mol. The van der Waals surface area contributed by atoms with E-state index in [9.17, 15) is 4.79 Å². The van der Waals surface area contributed by atoms with Crippen molar-refractivity contribution in [1.82, 2.24) is 0 Å². The van der Waals surface area contributed by atoms with Crippen LogP contribution in [-0.2, 0) is 9.53 Å². The molecule has 1 saturated carbocycles. The normalized spacial score (nSPS) is 26.9. The highest BCUT2D eigenvalue weighted by atomic mass is 16.6. The maximum absolute atomic E-state index is 11.4. The molecule has 0 unspecified atom stereocenters. The molecule has 1 N–H and O–H groups in total. The zero-order valence-corrected chi connectivity index (χ0v) is 9.25. The summed E-state index contributed by atoms with van der Waals surface area (Å²) in [6, 6.07) is 0. The maximum atomic E-state index is 11.4. The van der Waals surface area contributed by atoms with Crippen LogP contribution in [0.5, 0.6) is 0 Å². The number of rotatable bonds is 3. The third-order valence-electron chi connectivity index (χ3n) is 2.47. The van der Waals surface area contributed by atoms with Gasteiger partial charge in [-0.05, 0) is 45.4 Å². The number of aliphatic hydroxyl groups is 1. The summed E-state index contributed by atoms with van der Waals surface area (Å²) in [7, 11) is 0. The van der Waals surface area contributed by atoms with E-state index in [1.807, 2.05) is 20.8 Å².